The van der Waals surface area contributed by atoms with E-state index in [4.69, 9.17) is 4.74 Å². The zero-order valence-electron chi connectivity index (χ0n) is 7.13. The van der Waals surface area contributed by atoms with Crippen LogP contribution in [0.5, 0.6) is 5.75 Å². The average molecular weight is 247 g/mol. The Morgan fingerprint density at radius 1 is 1.50 bits per heavy atom. The topological polar surface area (TPSA) is 9.23 Å². The van der Waals surface area contributed by atoms with Gasteiger partial charge >= 0.3 is 0 Å². The van der Waals surface area contributed by atoms with Gasteiger partial charge in [0.15, 0.2) is 0 Å². The van der Waals surface area contributed by atoms with Crippen molar-refractivity contribution in [2.24, 2.45) is 0 Å². The van der Waals surface area contributed by atoms with E-state index in [0.717, 1.165) is 16.0 Å². The third-order valence-electron chi connectivity index (χ3n) is 1.43. The Balaban J connectivity index is 2.89. The molecule has 1 aromatic carbocycles. The van der Waals surface area contributed by atoms with Crippen molar-refractivity contribution < 1.29 is 4.74 Å². The molecule has 66 valence electrons. The van der Waals surface area contributed by atoms with E-state index in [1.165, 1.54) is 4.90 Å². The van der Waals surface area contributed by atoms with Crippen LogP contribution in [0, 0.1) is 0 Å². The minimum absolute atomic E-state index is 0.897. The first kappa shape index (κ1) is 9.93. The summed E-state index contributed by atoms with van der Waals surface area (Å²) >= 11 is 5.22. The zero-order valence-corrected chi connectivity index (χ0v) is 9.54. The lowest BCUT2D eigenvalue weighted by atomic mass is 10.3. The predicted octanol–water partition coefficient (Wildman–Crippen LogP) is 3.57. The van der Waals surface area contributed by atoms with E-state index in [2.05, 4.69) is 28.9 Å². The zero-order chi connectivity index (χ0) is 8.97. The standard InChI is InChI=1S/C9H11BrOS/c1-3-12-7-4-5-8(10)9(6-7)11-2/h4-6H,3H2,1-2H3. The maximum atomic E-state index is 5.17. The molecule has 0 unspecified atom stereocenters. The van der Waals surface area contributed by atoms with Crippen molar-refractivity contribution in [3.63, 3.8) is 0 Å². The fraction of sp³-hybridized carbons (Fsp3) is 0.333. The summed E-state index contributed by atoms with van der Waals surface area (Å²) < 4.78 is 6.18. The molecular formula is C9H11BrOS. The SMILES string of the molecule is CCSc1ccc(Br)c(OC)c1. The summed E-state index contributed by atoms with van der Waals surface area (Å²) in [5.74, 6) is 1.98. The first-order chi connectivity index (χ1) is 5.77. The molecule has 3 heteroatoms. The van der Waals surface area contributed by atoms with Gasteiger partial charge in [0.25, 0.3) is 0 Å². The second-order valence-electron chi connectivity index (χ2n) is 2.23. The molecule has 0 aromatic heterocycles. The number of hydrogen-bond donors (Lipinski definition) is 0. The van der Waals surface area contributed by atoms with Crippen LogP contribution >= 0.6 is 27.7 Å². The Bertz CT molecular complexity index is 263. The number of methoxy groups -OCH3 is 1. The average Bonchev–Trinajstić information content (AvgIpc) is 2.09. The Labute approximate surface area is 85.6 Å². The Hall–Kier alpha value is -0.150. The van der Waals surface area contributed by atoms with E-state index in [0.29, 0.717) is 0 Å². The van der Waals surface area contributed by atoms with Gasteiger partial charge in [-0.15, -0.1) is 11.8 Å². The number of thioether (sulfide) groups is 1. The highest BCUT2D eigenvalue weighted by Crippen LogP contribution is 2.29. The van der Waals surface area contributed by atoms with Crippen molar-refractivity contribution in [3.8, 4) is 5.75 Å². The largest absolute Gasteiger partial charge is 0.496 e. The van der Waals surface area contributed by atoms with Crippen LogP contribution in [0.25, 0.3) is 0 Å². The highest BCUT2D eigenvalue weighted by molar-refractivity contribution is 9.10. The summed E-state index contributed by atoms with van der Waals surface area (Å²) in [6.07, 6.45) is 0. The van der Waals surface area contributed by atoms with Crippen molar-refractivity contribution in [2.75, 3.05) is 12.9 Å². The van der Waals surface area contributed by atoms with E-state index in [1.807, 2.05) is 23.9 Å². The van der Waals surface area contributed by atoms with Gasteiger partial charge in [-0.1, -0.05) is 6.92 Å². The first-order valence-electron chi connectivity index (χ1n) is 3.74. The summed E-state index contributed by atoms with van der Waals surface area (Å²) in [6, 6.07) is 6.13. The highest BCUT2D eigenvalue weighted by Gasteiger charge is 2.00. The van der Waals surface area contributed by atoms with Crippen molar-refractivity contribution in [2.45, 2.75) is 11.8 Å². The second kappa shape index (κ2) is 4.77. The molecule has 0 aliphatic rings. The number of rotatable bonds is 3. The highest BCUT2D eigenvalue weighted by atomic mass is 79.9. The smallest absolute Gasteiger partial charge is 0.134 e. The third kappa shape index (κ3) is 2.42. The molecule has 1 rings (SSSR count). The fourth-order valence-corrected chi connectivity index (χ4v) is 1.99. The quantitative estimate of drug-likeness (QED) is 0.755. The van der Waals surface area contributed by atoms with Gasteiger partial charge in [0.1, 0.15) is 5.75 Å². The van der Waals surface area contributed by atoms with E-state index in [-0.39, 0.29) is 0 Å². The van der Waals surface area contributed by atoms with Gasteiger partial charge in [-0.3, -0.25) is 0 Å². The van der Waals surface area contributed by atoms with Crippen LogP contribution < -0.4 is 4.74 Å². The van der Waals surface area contributed by atoms with Crippen molar-refractivity contribution in [3.05, 3.63) is 22.7 Å². The third-order valence-corrected chi connectivity index (χ3v) is 2.96. The van der Waals surface area contributed by atoms with E-state index >= 15 is 0 Å². The van der Waals surface area contributed by atoms with Gasteiger partial charge in [-0.25, -0.2) is 0 Å². The van der Waals surface area contributed by atoms with Gasteiger partial charge in [-0.2, -0.15) is 0 Å². The van der Waals surface area contributed by atoms with E-state index < -0.39 is 0 Å². The maximum absolute atomic E-state index is 5.17. The van der Waals surface area contributed by atoms with Crippen molar-refractivity contribution in [1.82, 2.24) is 0 Å². The Kier molecular flexibility index (Phi) is 3.95. The molecule has 0 bridgehead atoms. The Morgan fingerprint density at radius 2 is 2.25 bits per heavy atom. The minimum Gasteiger partial charge on any atom is -0.496 e. The van der Waals surface area contributed by atoms with Crippen LogP contribution in [-0.4, -0.2) is 12.9 Å². The molecule has 0 amide bonds. The van der Waals surface area contributed by atoms with Crippen LogP contribution in [0.1, 0.15) is 6.92 Å². The molecule has 0 saturated carbocycles. The van der Waals surface area contributed by atoms with E-state index in [1.54, 1.807) is 7.11 Å². The predicted molar refractivity (Wildman–Crippen MR) is 57.1 cm³/mol. The molecular weight excluding hydrogens is 236 g/mol. The minimum atomic E-state index is 0.897. The summed E-state index contributed by atoms with van der Waals surface area (Å²) in [7, 11) is 1.68. The number of hydrogen-bond acceptors (Lipinski definition) is 2. The summed E-state index contributed by atoms with van der Waals surface area (Å²) in [6.45, 7) is 2.14. The molecule has 0 aliphatic carbocycles. The van der Waals surface area contributed by atoms with Crippen LogP contribution in [0.3, 0.4) is 0 Å². The summed E-state index contributed by atoms with van der Waals surface area (Å²) in [5.41, 5.74) is 0. The second-order valence-corrected chi connectivity index (χ2v) is 4.42. The molecule has 1 nitrogen and oxygen atoms in total. The van der Waals surface area contributed by atoms with E-state index in [9.17, 15) is 0 Å². The van der Waals surface area contributed by atoms with Gasteiger partial charge < -0.3 is 4.74 Å². The van der Waals surface area contributed by atoms with Crippen LogP contribution in [0.15, 0.2) is 27.6 Å². The molecule has 1 aromatic rings. The van der Waals surface area contributed by atoms with Gasteiger partial charge in [0, 0.05) is 4.90 Å². The van der Waals surface area contributed by atoms with Crippen molar-refractivity contribution >= 4 is 27.7 Å². The van der Waals surface area contributed by atoms with Crippen molar-refractivity contribution in [1.29, 1.82) is 0 Å². The molecule has 0 fully saturated rings. The molecule has 0 N–H and O–H groups in total. The Morgan fingerprint density at radius 3 is 2.83 bits per heavy atom. The first-order valence-corrected chi connectivity index (χ1v) is 5.52. The van der Waals surface area contributed by atoms with Gasteiger partial charge in [0.05, 0.1) is 11.6 Å². The summed E-state index contributed by atoms with van der Waals surface area (Å²) in [4.78, 5) is 1.25. The molecule has 0 atom stereocenters. The van der Waals surface area contributed by atoms with Crippen LogP contribution in [0.4, 0.5) is 0 Å². The van der Waals surface area contributed by atoms with Crippen LogP contribution in [-0.2, 0) is 0 Å². The molecule has 12 heavy (non-hydrogen) atoms. The lowest BCUT2D eigenvalue weighted by Gasteiger charge is -2.04. The lowest BCUT2D eigenvalue weighted by Crippen LogP contribution is -1.84. The molecule has 0 spiro atoms. The van der Waals surface area contributed by atoms with Crippen LogP contribution in [0.2, 0.25) is 0 Å². The molecule has 0 heterocycles. The monoisotopic (exact) mass is 246 g/mol. The lowest BCUT2D eigenvalue weighted by molar-refractivity contribution is 0.411. The maximum Gasteiger partial charge on any atom is 0.134 e. The summed E-state index contributed by atoms with van der Waals surface area (Å²) in [5, 5.41) is 0. The van der Waals surface area contributed by atoms with Gasteiger partial charge in [0.2, 0.25) is 0 Å². The normalized spacial score (nSPS) is 9.92. The number of benzene rings is 1. The van der Waals surface area contributed by atoms with Gasteiger partial charge in [-0.05, 0) is 39.9 Å². The molecule has 0 radical (unpaired) electrons. The molecule has 0 aliphatic heterocycles. The number of halogens is 1. The fourth-order valence-electron chi connectivity index (χ4n) is 0.897. The molecule has 0 saturated heterocycles. The number of ether oxygens (including phenoxy) is 1.